The fraction of sp³-hybridized carbons (Fsp3) is 0.227. The fourth-order valence-corrected chi connectivity index (χ4v) is 5.89. The maximum atomic E-state index is 12.8. The molecule has 0 saturated heterocycles. The summed E-state index contributed by atoms with van der Waals surface area (Å²) in [6.07, 6.45) is 2.32. The Morgan fingerprint density at radius 1 is 1.06 bits per heavy atom. The van der Waals surface area contributed by atoms with Gasteiger partial charge in [-0.15, -0.1) is 0 Å². The molecular formula is C22H23N5O2S2. The highest BCUT2D eigenvalue weighted by molar-refractivity contribution is 7.99. The predicted octanol–water partition coefficient (Wildman–Crippen LogP) is 4.56. The Kier molecular flexibility index (Phi) is 5.72. The lowest BCUT2D eigenvalue weighted by Gasteiger charge is -2.13. The van der Waals surface area contributed by atoms with Gasteiger partial charge in [0.05, 0.1) is 4.90 Å². The van der Waals surface area contributed by atoms with Gasteiger partial charge in [0.1, 0.15) is 11.4 Å². The zero-order chi connectivity index (χ0) is 22.2. The van der Waals surface area contributed by atoms with Crippen molar-refractivity contribution in [1.82, 2.24) is 19.6 Å². The van der Waals surface area contributed by atoms with Gasteiger partial charge in [-0.1, -0.05) is 36.4 Å². The van der Waals surface area contributed by atoms with Crippen molar-refractivity contribution in [1.29, 1.82) is 0 Å². The summed E-state index contributed by atoms with van der Waals surface area (Å²) in [5.41, 5.74) is 4.30. The van der Waals surface area contributed by atoms with Crippen molar-refractivity contribution in [2.24, 2.45) is 0 Å². The SMILES string of the molecule is CCc1c(C)nc2ncnn2c1Sc1ccc(NS(=O)(=O)c2ccc(C)cc2C)cc1. The molecule has 0 aliphatic carbocycles. The molecule has 7 nitrogen and oxygen atoms in total. The summed E-state index contributed by atoms with van der Waals surface area (Å²) >= 11 is 1.56. The van der Waals surface area contributed by atoms with Crippen LogP contribution in [0, 0.1) is 20.8 Å². The standard InChI is InChI=1S/C22H23N5O2S2/c1-5-19-16(4)25-22-23-13-24-27(22)21(19)30-18-9-7-17(8-10-18)26-31(28,29)20-11-6-14(2)12-15(20)3/h6-13,26H,5H2,1-4H3. The van der Waals surface area contributed by atoms with Gasteiger partial charge in [0.25, 0.3) is 15.8 Å². The molecule has 9 heteroatoms. The van der Waals surface area contributed by atoms with Crippen molar-refractivity contribution in [2.75, 3.05) is 4.72 Å². The van der Waals surface area contributed by atoms with Crippen molar-refractivity contribution in [2.45, 2.75) is 48.9 Å². The van der Waals surface area contributed by atoms with E-state index in [0.29, 0.717) is 11.5 Å². The van der Waals surface area contributed by atoms with Gasteiger partial charge in [-0.25, -0.2) is 13.4 Å². The Bertz CT molecular complexity index is 1360. The van der Waals surface area contributed by atoms with Crippen LogP contribution < -0.4 is 4.72 Å². The molecule has 2 aromatic heterocycles. The number of aromatic nitrogens is 4. The maximum absolute atomic E-state index is 12.8. The molecule has 0 radical (unpaired) electrons. The van der Waals surface area contributed by atoms with E-state index in [9.17, 15) is 8.42 Å². The lowest BCUT2D eigenvalue weighted by atomic mass is 10.2. The third-order valence-corrected chi connectivity index (χ3v) is 7.64. The van der Waals surface area contributed by atoms with Crippen molar-refractivity contribution in [3.8, 4) is 0 Å². The van der Waals surface area contributed by atoms with E-state index in [0.717, 1.165) is 38.7 Å². The van der Waals surface area contributed by atoms with Crippen molar-refractivity contribution < 1.29 is 8.42 Å². The first kappa shape index (κ1) is 21.3. The fourth-order valence-electron chi connectivity index (χ4n) is 3.48. The summed E-state index contributed by atoms with van der Waals surface area (Å²) in [6, 6.07) is 12.6. The zero-order valence-corrected chi connectivity index (χ0v) is 19.4. The summed E-state index contributed by atoms with van der Waals surface area (Å²) in [7, 11) is -3.66. The van der Waals surface area contributed by atoms with Crippen LogP contribution >= 0.6 is 11.8 Å². The normalized spacial score (nSPS) is 11.7. The molecule has 0 aliphatic rings. The molecule has 0 amide bonds. The molecule has 0 fully saturated rings. The smallest absolute Gasteiger partial charge is 0.262 e. The van der Waals surface area contributed by atoms with E-state index in [1.54, 1.807) is 47.5 Å². The minimum absolute atomic E-state index is 0.282. The molecule has 1 N–H and O–H groups in total. The van der Waals surface area contributed by atoms with Crippen LogP contribution in [-0.4, -0.2) is 28.0 Å². The van der Waals surface area contributed by atoms with Gasteiger partial charge in [-0.05, 0) is 63.1 Å². The summed E-state index contributed by atoms with van der Waals surface area (Å²) in [6.45, 7) is 7.80. The molecule has 160 valence electrons. The molecule has 2 aromatic carbocycles. The Hall–Kier alpha value is -2.91. The first-order valence-electron chi connectivity index (χ1n) is 9.85. The molecular weight excluding hydrogens is 430 g/mol. The second-order valence-electron chi connectivity index (χ2n) is 7.31. The molecule has 4 rings (SSSR count). The van der Waals surface area contributed by atoms with E-state index < -0.39 is 10.0 Å². The topological polar surface area (TPSA) is 89.2 Å². The van der Waals surface area contributed by atoms with Gasteiger partial charge in [0, 0.05) is 21.8 Å². The van der Waals surface area contributed by atoms with Gasteiger partial charge in [0.2, 0.25) is 0 Å². The van der Waals surface area contributed by atoms with Gasteiger partial charge < -0.3 is 0 Å². The lowest BCUT2D eigenvalue weighted by Crippen LogP contribution is -2.14. The van der Waals surface area contributed by atoms with E-state index in [4.69, 9.17) is 0 Å². The minimum Gasteiger partial charge on any atom is -0.280 e. The van der Waals surface area contributed by atoms with Crippen molar-refractivity contribution in [3.05, 3.63) is 71.2 Å². The van der Waals surface area contributed by atoms with Crippen LogP contribution in [0.2, 0.25) is 0 Å². The van der Waals surface area contributed by atoms with E-state index in [1.165, 1.54) is 6.33 Å². The zero-order valence-electron chi connectivity index (χ0n) is 17.7. The molecule has 0 unspecified atom stereocenters. The minimum atomic E-state index is -3.66. The van der Waals surface area contributed by atoms with Crippen LogP contribution in [0.3, 0.4) is 0 Å². The van der Waals surface area contributed by atoms with E-state index in [1.807, 2.05) is 32.0 Å². The molecule has 0 aliphatic heterocycles. The summed E-state index contributed by atoms with van der Waals surface area (Å²) < 4.78 is 30.0. The van der Waals surface area contributed by atoms with Gasteiger partial charge in [-0.3, -0.25) is 4.72 Å². The Morgan fingerprint density at radius 2 is 1.81 bits per heavy atom. The molecule has 0 bridgehead atoms. The number of aryl methyl sites for hydroxylation is 3. The van der Waals surface area contributed by atoms with Crippen LogP contribution in [-0.2, 0) is 16.4 Å². The predicted molar refractivity (Wildman–Crippen MR) is 122 cm³/mol. The second kappa shape index (κ2) is 8.32. The van der Waals surface area contributed by atoms with Crippen molar-refractivity contribution in [3.63, 3.8) is 0 Å². The average Bonchev–Trinajstić information content (AvgIpc) is 3.17. The summed E-state index contributed by atoms with van der Waals surface area (Å²) in [5.74, 6) is 0.565. The van der Waals surface area contributed by atoms with Gasteiger partial charge >= 0.3 is 0 Å². The first-order chi connectivity index (χ1) is 14.8. The molecule has 31 heavy (non-hydrogen) atoms. The molecule has 4 aromatic rings. The van der Waals surface area contributed by atoms with Crippen LogP contribution in [0.15, 0.2) is 63.6 Å². The number of nitrogens with zero attached hydrogens (tertiary/aromatic N) is 4. The van der Waals surface area contributed by atoms with Crippen LogP contribution in [0.1, 0.15) is 29.3 Å². The van der Waals surface area contributed by atoms with E-state index >= 15 is 0 Å². The summed E-state index contributed by atoms with van der Waals surface area (Å²) in [4.78, 5) is 9.95. The molecule has 0 saturated carbocycles. The van der Waals surface area contributed by atoms with Gasteiger partial charge in [0.15, 0.2) is 0 Å². The van der Waals surface area contributed by atoms with E-state index in [-0.39, 0.29) is 4.90 Å². The largest absolute Gasteiger partial charge is 0.280 e. The first-order valence-corrected chi connectivity index (χ1v) is 12.2. The third-order valence-electron chi connectivity index (χ3n) is 4.98. The molecule has 0 spiro atoms. The summed E-state index contributed by atoms with van der Waals surface area (Å²) in [5, 5.41) is 5.27. The van der Waals surface area contributed by atoms with Crippen LogP contribution in [0.25, 0.3) is 5.78 Å². The van der Waals surface area contributed by atoms with Crippen LogP contribution in [0.4, 0.5) is 5.69 Å². The van der Waals surface area contributed by atoms with E-state index in [2.05, 4.69) is 26.7 Å². The Balaban J connectivity index is 1.60. The number of hydrogen-bond donors (Lipinski definition) is 1. The quantitative estimate of drug-likeness (QED) is 0.430. The molecule has 0 atom stereocenters. The number of fused-ring (bicyclic) bond motifs is 1. The molecule has 2 heterocycles. The number of anilines is 1. The monoisotopic (exact) mass is 453 g/mol. The highest BCUT2D eigenvalue weighted by Crippen LogP contribution is 2.33. The highest BCUT2D eigenvalue weighted by Gasteiger charge is 2.18. The Morgan fingerprint density at radius 3 is 2.48 bits per heavy atom. The average molecular weight is 454 g/mol. The van der Waals surface area contributed by atoms with Gasteiger partial charge in [-0.2, -0.15) is 14.6 Å². The number of sulfonamides is 1. The number of rotatable bonds is 6. The second-order valence-corrected chi connectivity index (χ2v) is 10.0. The van der Waals surface area contributed by atoms with Crippen LogP contribution in [0.5, 0.6) is 0 Å². The number of nitrogens with one attached hydrogen (secondary N) is 1. The third kappa shape index (κ3) is 4.28. The lowest BCUT2D eigenvalue weighted by molar-refractivity contribution is 0.600. The van der Waals surface area contributed by atoms with Crippen molar-refractivity contribution >= 4 is 33.3 Å². The number of hydrogen-bond acceptors (Lipinski definition) is 6. The Labute approximate surface area is 186 Å². The highest BCUT2D eigenvalue weighted by atomic mass is 32.2. The maximum Gasteiger partial charge on any atom is 0.262 e. The number of benzene rings is 2.